The Balaban J connectivity index is 2.03. The third-order valence-electron chi connectivity index (χ3n) is 3.73. The Hall–Kier alpha value is -1.47. The molecule has 1 saturated heterocycles. The van der Waals surface area contributed by atoms with E-state index < -0.39 is 7.12 Å². The third kappa shape index (κ3) is 1.54. The molecule has 1 aliphatic rings. The summed E-state index contributed by atoms with van der Waals surface area (Å²) in [4.78, 5) is 8.33. The first-order valence-electron chi connectivity index (χ1n) is 5.90. The first kappa shape index (κ1) is 11.6. The van der Waals surface area contributed by atoms with Crippen molar-refractivity contribution >= 4 is 18.2 Å². The number of aromatic nitrogens is 4. The zero-order valence-corrected chi connectivity index (χ0v) is 10.9. The average Bonchev–Trinajstić information content (AvgIpc) is 2.78. The molecule has 18 heavy (non-hydrogen) atoms. The SMILES string of the molecule is CC1(C)OB(c2ncn3ncncc23)OC1(C)C. The van der Waals surface area contributed by atoms with Crippen molar-refractivity contribution in [2.24, 2.45) is 0 Å². The summed E-state index contributed by atoms with van der Waals surface area (Å²) in [5, 5.41) is 4.08. The Labute approximate surface area is 105 Å². The van der Waals surface area contributed by atoms with Crippen LogP contribution in [0.2, 0.25) is 0 Å². The van der Waals surface area contributed by atoms with Crippen LogP contribution < -0.4 is 5.59 Å². The molecule has 94 valence electrons. The van der Waals surface area contributed by atoms with Crippen LogP contribution in [0.3, 0.4) is 0 Å². The van der Waals surface area contributed by atoms with Crippen molar-refractivity contribution in [3.05, 3.63) is 18.9 Å². The molecule has 0 bridgehead atoms. The summed E-state index contributed by atoms with van der Waals surface area (Å²) in [6.45, 7) is 8.06. The molecule has 0 aromatic carbocycles. The van der Waals surface area contributed by atoms with E-state index >= 15 is 0 Å². The van der Waals surface area contributed by atoms with E-state index in [-0.39, 0.29) is 11.2 Å². The van der Waals surface area contributed by atoms with Crippen molar-refractivity contribution < 1.29 is 9.31 Å². The molecular formula is C11H15BN4O2. The lowest BCUT2D eigenvalue weighted by Crippen LogP contribution is -2.41. The molecule has 2 aromatic rings. The fourth-order valence-corrected chi connectivity index (χ4v) is 1.91. The lowest BCUT2D eigenvalue weighted by molar-refractivity contribution is 0.00578. The highest BCUT2D eigenvalue weighted by Crippen LogP contribution is 2.36. The second-order valence-corrected chi connectivity index (χ2v) is 5.46. The molecule has 1 aliphatic heterocycles. The van der Waals surface area contributed by atoms with Crippen molar-refractivity contribution in [3.8, 4) is 0 Å². The molecule has 0 aliphatic carbocycles. The van der Waals surface area contributed by atoms with E-state index in [9.17, 15) is 0 Å². The van der Waals surface area contributed by atoms with E-state index in [4.69, 9.17) is 9.31 Å². The number of imidazole rings is 1. The zero-order valence-electron chi connectivity index (χ0n) is 10.9. The van der Waals surface area contributed by atoms with E-state index in [0.29, 0.717) is 5.59 Å². The maximum absolute atomic E-state index is 5.96. The van der Waals surface area contributed by atoms with E-state index in [1.807, 2.05) is 27.7 Å². The second kappa shape index (κ2) is 3.52. The van der Waals surface area contributed by atoms with Crippen LogP contribution in [-0.2, 0) is 9.31 Å². The van der Waals surface area contributed by atoms with Gasteiger partial charge in [-0.15, -0.1) is 0 Å². The van der Waals surface area contributed by atoms with Crippen LogP contribution in [-0.4, -0.2) is 37.9 Å². The van der Waals surface area contributed by atoms with Crippen LogP contribution in [0.25, 0.3) is 5.52 Å². The highest BCUT2D eigenvalue weighted by Gasteiger charge is 2.53. The standard InChI is InChI=1S/C11H15BN4O2/c1-10(2)11(3,4)18-12(17-10)9-8-5-13-6-15-16(8)7-14-9/h5-7H,1-4H3. The highest BCUT2D eigenvalue weighted by atomic mass is 16.7. The molecule has 3 heterocycles. The topological polar surface area (TPSA) is 61.5 Å². The lowest BCUT2D eigenvalue weighted by atomic mass is 9.84. The summed E-state index contributed by atoms with van der Waals surface area (Å²) in [5.74, 6) is 0. The van der Waals surface area contributed by atoms with Crippen LogP contribution in [0, 0.1) is 0 Å². The molecular weight excluding hydrogens is 231 g/mol. The van der Waals surface area contributed by atoms with Gasteiger partial charge in [0.1, 0.15) is 23.8 Å². The minimum atomic E-state index is -0.481. The second-order valence-electron chi connectivity index (χ2n) is 5.46. The normalized spacial score (nSPS) is 21.7. The Bertz CT molecular complexity index is 579. The Morgan fingerprint density at radius 3 is 2.50 bits per heavy atom. The number of nitrogens with zero attached hydrogens (tertiary/aromatic N) is 4. The minimum Gasteiger partial charge on any atom is -0.398 e. The Morgan fingerprint density at radius 1 is 1.17 bits per heavy atom. The summed E-state index contributed by atoms with van der Waals surface area (Å²) < 4.78 is 13.6. The molecule has 0 radical (unpaired) electrons. The van der Waals surface area contributed by atoms with Gasteiger partial charge in [-0.25, -0.2) is 14.5 Å². The molecule has 0 amide bonds. The molecule has 0 spiro atoms. The van der Waals surface area contributed by atoms with Crippen LogP contribution >= 0.6 is 0 Å². The van der Waals surface area contributed by atoms with E-state index in [2.05, 4.69) is 15.1 Å². The quantitative estimate of drug-likeness (QED) is 0.682. The third-order valence-corrected chi connectivity index (χ3v) is 3.73. The van der Waals surface area contributed by atoms with Gasteiger partial charge in [0, 0.05) is 0 Å². The molecule has 2 aromatic heterocycles. The number of hydrogen-bond donors (Lipinski definition) is 0. The molecule has 1 fully saturated rings. The van der Waals surface area contributed by atoms with Gasteiger partial charge >= 0.3 is 7.12 Å². The van der Waals surface area contributed by atoms with Gasteiger partial charge in [-0.3, -0.25) is 0 Å². The first-order valence-corrected chi connectivity index (χ1v) is 5.90. The number of hydrogen-bond acceptors (Lipinski definition) is 5. The molecule has 6 nitrogen and oxygen atoms in total. The Kier molecular flexibility index (Phi) is 2.27. The smallest absolute Gasteiger partial charge is 0.398 e. The fourth-order valence-electron chi connectivity index (χ4n) is 1.91. The molecule has 0 saturated carbocycles. The van der Waals surface area contributed by atoms with Gasteiger partial charge in [0.05, 0.1) is 17.4 Å². The van der Waals surface area contributed by atoms with Gasteiger partial charge in [-0.1, -0.05) is 0 Å². The molecule has 3 rings (SSSR count). The monoisotopic (exact) mass is 246 g/mol. The highest BCUT2D eigenvalue weighted by molar-refractivity contribution is 6.63. The van der Waals surface area contributed by atoms with Gasteiger partial charge in [0.2, 0.25) is 0 Å². The van der Waals surface area contributed by atoms with Crippen LogP contribution in [0.15, 0.2) is 18.9 Å². The summed E-state index contributed by atoms with van der Waals surface area (Å²) in [5.41, 5.74) is 0.775. The maximum atomic E-state index is 5.96. The summed E-state index contributed by atoms with van der Waals surface area (Å²) in [6, 6.07) is 0. The predicted octanol–water partition coefficient (Wildman–Crippen LogP) is 0.423. The van der Waals surface area contributed by atoms with E-state index in [1.54, 1.807) is 17.0 Å². The number of fused-ring (bicyclic) bond motifs is 1. The van der Waals surface area contributed by atoms with Crippen molar-refractivity contribution in [2.45, 2.75) is 38.9 Å². The lowest BCUT2D eigenvalue weighted by Gasteiger charge is -2.32. The molecule has 7 heteroatoms. The first-order chi connectivity index (χ1) is 8.41. The van der Waals surface area contributed by atoms with Gasteiger partial charge in [0.25, 0.3) is 0 Å². The zero-order chi connectivity index (χ0) is 13.0. The predicted molar refractivity (Wildman–Crippen MR) is 66.5 cm³/mol. The minimum absolute atomic E-state index is 0.372. The fraction of sp³-hybridized carbons (Fsp3) is 0.545. The van der Waals surface area contributed by atoms with Crippen LogP contribution in [0.4, 0.5) is 0 Å². The van der Waals surface area contributed by atoms with E-state index in [1.165, 1.54) is 6.33 Å². The molecule has 0 atom stereocenters. The van der Waals surface area contributed by atoms with E-state index in [0.717, 1.165) is 5.52 Å². The van der Waals surface area contributed by atoms with Crippen molar-refractivity contribution in [3.63, 3.8) is 0 Å². The number of rotatable bonds is 1. The van der Waals surface area contributed by atoms with Crippen LogP contribution in [0.5, 0.6) is 0 Å². The molecule has 0 N–H and O–H groups in total. The summed E-state index contributed by atoms with van der Waals surface area (Å²) >= 11 is 0. The summed E-state index contributed by atoms with van der Waals surface area (Å²) in [7, 11) is -0.481. The Morgan fingerprint density at radius 2 is 1.83 bits per heavy atom. The van der Waals surface area contributed by atoms with Gasteiger partial charge < -0.3 is 9.31 Å². The largest absolute Gasteiger partial charge is 0.516 e. The van der Waals surface area contributed by atoms with Gasteiger partial charge in [-0.05, 0) is 27.7 Å². The summed E-state index contributed by atoms with van der Waals surface area (Å²) in [6.07, 6.45) is 4.82. The van der Waals surface area contributed by atoms with Gasteiger partial charge in [-0.2, -0.15) is 5.10 Å². The van der Waals surface area contributed by atoms with Crippen molar-refractivity contribution in [2.75, 3.05) is 0 Å². The average molecular weight is 246 g/mol. The van der Waals surface area contributed by atoms with Crippen molar-refractivity contribution in [1.82, 2.24) is 19.6 Å². The maximum Gasteiger partial charge on any atom is 0.516 e. The van der Waals surface area contributed by atoms with Gasteiger partial charge in [0.15, 0.2) is 0 Å². The van der Waals surface area contributed by atoms with Crippen LogP contribution in [0.1, 0.15) is 27.7 Å². The molecule has 0 unspecified atom stereocenters. The van der Waals surface area contributed by atoms with Crippen molar-refractivity contribution in [1.29, 1.82) is 0 Å².